The Morgan fingerprint density at radius 2 is 1.73 bits per heavy atom. The number of allylic oxidation sites excluding steroid dienone is 2. The first-order valence-electron chi connectivity index (χ1n) is 3.92. The van der Waals surface area contributed by atoms with Gasteiger partial charge in [-0.1, -0.05) is 70.2 Å². The lowest BCUT2D eigenvalue weighted by atomic mass is 10.3. The largest absolute Gasteiger partial charge is 0.0890 e. The standard InChI is InChI=1S/C5H10.C4H8I2/c1-4-5(2)3;1-2-3-4(5)6/h4H,1-3H3;4H,2-3H2,1H3. The highest BCUT2D eigenvalue weighted by atomic mass is 127. The highest BCUT2D eigenvalue weighted by molar-refractivity contribution is 14.2. The minimum Gasteiger partial charge on any atom is -0.0890 e. The van der Waals surface area contributed by atoms with Gasteiger partial charge in [0.2, 0.25) is 0 Å². The molecule has 0 nitrogen and oxygen atoms in total. The number of halogens is 2. The Hall–Kier alpha value is 1.20. The van der Waals surface area contributed by atoms with Gasteiger partial charge in [-0.25, -0.2) is 0 Å². The first-order chi connectivity index (χ1) is 5.04. The molecule has 0 unspecified atom stereocenters. The van der Waals surface area contributed by atoms with Crippen LogP contribution in [0.3, 0.4) is 0 Å². The second-order valence-electron chi connectivity index (χ2n) is 2.55. The first-order valence-corrected chi connectivity index (χ1v) is 6.41. The number of hydrogen-bond donors (Lipinski definition) is 0. The normalized spacial score (nSPS) is 8.64. The molecule has 0 bridgehead atoms. The summed E-state index contributed by atoms with van der Waals surface area (Å²) in [6.45, 7) is 8.42. The van der Waals surface area contributed by atoms with Crippen molar-refractivity contribution in [3.05, 3.63) is 11.6 Å². The molecule has 0 aromatic rings. The van der Waals surface area contributed by atoms with Crippen LogP contribution in [0.15, 0.2) is 11.6 Å². The van der Waals surface area contributed by atoms with Crippen LogP contribution >= 0.6 is 45.2 Å². The Morgan fingerprint density at radius 1 is 1.36 bits per heavy atom. The van der Waals surface area contributed by atoms with Gasteiger partial charge in [0.1, 0.15) is 0 Å². The second kappa shape index (κ2) is 11.2. The number of rotatable bonds is 2. The van der Waals surface area contributed by atoms with Crippen molar-refractivity contribution in [2.24, 2.45) is 0 Å². The third kappa shape index (κ3) is 24.7. The molecule has 0 aromatic heterocycles. The highest BCUT2D eigenvalue weighted by Gasteiger charge is 1.90. The summed E-state index contributed by atoms with van der Waals surface area (Å²) in [7, 11) is 0. The van der Waals surface area contributed by atoms with Gasteiger partial charge < -0.3 is 0 Å². The van der Waals surface area contributed by atoms with Crippen molar-refractivity contribution in [1.29, 1.82) is 0 Å². The molecule has 0 heterocycles. The molecule has 0 radical (unpaired) electrons. The predicted octanol–water partition coefficient (Wildman–Crippen LogP) is 4.96. The van der Waals surface area contributed by atoms with Gasteiger partial charge in [-0.05, 0) is 27.2 Å². The Morgan fingerprint density at radius 3 is 1.73 bits per heavy atom. The molecular weight excluding hydrogens is 362 g/mol. The Bertz CT molecular complexity index is 91.7. The summed E-state index contributed by atoms with van der Waals surface area (Å²) in [5, 5.41) is 0. The van der Waals surface area contributed by atoms with Gasteiger partial charge in [0.15, 0.2) is 0 Å². The molecular formula is C9H18I2. The molecule has 0 N–H and O–H groups in total. The van der Waals surface area contributed by atoms with Crippen molar-refractivity contribution in [2.75, 3.05) is 0 Å². The minimum atomic E-state index is 0.838. The van der Waals surface area contributed by atoms with E-state index in [-0.39, 0.29) is 0 Å². The summed E-state index contributed by atoms with van der Waals surface area (Å²) < 4.78 is 0.838. The van der Waals surface area contributed by atoms with Crippen molar-refractivity contribution in [3.63, 3.8) is 0 Å². The van der Waals surface area contributed by atoms with Crippen molar-refractivity contribution in [3.8, 4) is 0 Å². The Balaban J connectivity index is 0. The van der Waals surface area contributed by atoms with Gasteiger partial charge >= 0.3 is 0 Å². The van der Waals surface area contributed by atoms with E-state index in [0.29, 0.717) is 0 Å². The fraction of sp³-hybridized carbons (Fsp3) is 0.778. The Kier molecular flexibility index (Phi) is 15.0. The molecule has 68 valence electrons. The fourth-order valence-electron chi connectivity index (χ4n) is 0.218. The molecule has 0 spiro atoms. The van der Waals surface area contributed by atoms with Crippen LogP contribution < -0.4 is 0 Å². The van der Waals surface area contributed by atoms with E-state index in [9.17, 15) is 0 Å². The maximum atomic E-state index is 2.43. The SMILES string of the molecule is CC=C(C)C.CCCC(I)I. The molecule has 0 rings (SSSR count). The molecule has 0 saturated heterocycles. The zero-order chi connectivity index (χ0) is 9.28. The molecule has 2 heteroatoms. The van der Waals surface area contributed by atoms with E-state index in [4.69, 9.17) is 0 Å². The maximum Gasteiger partial charge on any atom is 0.0626 e. The van der Waals surface area contributed by atoms with Gasteiger partial charge in [0.25, 0.3) is 0 Å². The van der Waals surface area contributed by atoms with Crippen molar-refractivity contribution >= 4 is 45.2 Å². The first kappa shape index (κ1) is 14.7. The van der Waals surface area contributed by atoms with Crippen molar-refractivity contribution in [1.82, 2.24) is 0 Å². The lowest BCUT2D eigenvalue weighted by Crippen LogP contribution is -1.78. The third-order valence-corrected chi connectivity index (χ3v) is 2.33. The molecule has 0 saturated carbocycles. The quantitative estimate of drug-likeness (QED) is 0.361. The second-order valence-corrected chi connectivity index (χ2v) is 7.94. The lowest BCUT2D eigenvalue weighted by molar-refractivity contribution is 0.896. The molecule has 0 amide bonds. The zero-order valence-electron chi connectivity index (χ0n) is 7.82. The number of hydrogen-bond acceptors (Lipinski definition) is 0. The van der Waals surface area contributed by atoms with Crippen molar-refractivity contribution in [2.45, 2.75) is 42.5 Å². The molecule has 0 aliphatic heterocycles. The molecule has 0 atom stereocenters. The average molecular weight is 380 g/mol. The fourth-order valence-corrected chi connectivity index (χ4v) is 1.46. The van der Waals surface area contributed by atoms with Gasteiger partial charge in [-0.3, -0.25) is 0 Å². The van der Waals surface area contributed by atoms with E-state index in [0.717, 1.165) is 1.93 Å². The molecule has 0 aliphatic rings. The highest BCUT2D eigenvalue weighted by Crippen LogP contribution is 2.14. The van der Waals surface area contributed by atoms with E-state index in [1.807, 2.05) is 6.92 Å². The summed E-state index contributed by atoms with van der Waals surface area (Å²) >= 11 is 4.86. The zero-order valence-corrected chi connectivity index (χ0v) is 12.1. The summed E-state index contributed by atoms with van der Waals surface area (Å²) in [5.74, 6) is 0. The van der Waals surface area contributed by atoms with Crippen LogP contribution in [0, 0.1) is 0 Å². The van der Waals surface area contributed by atoms with Crippen LogP contribution in [0.25, 0.3) is 0 Å². The van der Waals surface area contributed by atoms with Gasteiger partial charge in [0, 0.05) is 0 Å². The van der Waals surface area contributed by atoms with Gasteiger partial charge in [0.05, 0.1) is 1.93 Å². The molecule has 11 heavy (non-hydrogen) atoms. The Labute approximate surface area is 98.5 Å². The van der Waals surface area contributed by atoms with Crippen molar-refractivity contribution < 1.29 is 0 Å². The van der Waals surface area contributed by atoms with E-state index < -0.39 is 0 Å². The van der Waals surface area contributed by atoms with E-state index in [1.54, 1.807) is 0 Å². The topological polar surface area (TPSA) is 0 Å². The summed E-state index contributed by atoms with van der Waals surface area (Å²) in [6.07, 6.45) is 4.75. The van der Waals surface area contributed by atoms with Crippen LogP contribution in [-0.4, -0.2) is 1.93 Å². The van der Waals surface area contributed by atoms with Crippen LogP contribution in [0.5, 0.6) is 0 Å². The number of alkyl halides is 2. The van der Waals surface area contributed by atoms with E-state index in [2.05, 4.69) is 72.0 Å². The summed E-state index contributed by atoms with van der Waals surface area (Å²) in [6, 6.07) is 0. The molecule has 0 fully saturated rings. The molecule has 0 aliphatic carbocycles. The average Bonchev–Trinajstić information content (AvgIpc) is 1.89. The van der Waals surface area contributed by atoms with Gasteiger partial charge in [-0.15, -0.1) is 0 Å². The third-order valence-electron chi connectivity index (χ3n) is 1.08. The van der Waals surface area contributed by atoms with E-state index >= 15 is 0 Å². The van der Waals surface area contributed by atoms with Gasteiger partial charge in [-0.2, -0.15) is 0 Å². The lowest BCUT2D eigenvalue weighted by Gasteiger charge is -1.91. The van der Waals surface area contributed by atoms with Crippen LogP contribution in [0.1, 0.15) is 40.5 Å². The predicted molar refractivity (Wildman–Crippen MR) is 71.8 cm³/mol. The van der Waals surface area contributed by atoms with E-state index in [1.165, 1.54) is 18.4 Å². The summed E-state index contributed by atoms with van der Waals surface area (Å²) in [5.41, 5.74) is 1.38. The minimum absolute atomic E-state index is 0.838. The molecule has 0 aromatic carbocycles. The van der Waals surface area contributed by atoms with Crippen LogP contribution in [0.4, 0.5) is 0 Å². The smallest absolute Gasteiger partial charge is 0.0626 e. The maximum absolute atomic E-state index is 2.43. The van der Waals surface area contributed by atoms with Crippen LogP contribution in [0.2, 0.25) is 0 Å². The van der Waals surface area contributed by atoms with Crippen LogP contribution in [-0.2, 0) is 0 Å². The monoisotopic (exact) mass is 380 g/mol. The summed E-state index contributed by atoms with van der Waals surface area (Å²) in [4.78, 5) is 0.